The second-order valence-electron chi connectivity index (χ2n) is 6.77. The third-order valence-corrected chi connectivity index (χ3v) is 4.81. The van der Waals surface area contributed by atoms with E-state index in [0.29, 0.717) is 23.2 Å². The van der Waals surface area contributed by atoms with Crippen molar-refractivity contribution in [1.82, 2.24) is 29.3 Å². The molecule has 0 amide bonds. The van der Waals surface area contributed by atoms with Crippen LogP contribution in [0.2, 0.25) is 5.02 Å². The van der Waals surface area contributed by atoms with Crippen molar-refractivity contribution in [1.29, 1.82) is 0 Å². The van der Waals surface area contributed by atoms with E-state index in [1.165, 1.54) is 0 Å². The minimum atomic E-state index is 0.468. The van der Waals surface area contributed by atoms with Gasteiger partial charge in [-0.1, -0.05) is 23.7 Å². The van der Waals surface area contributed by atoms with Gasteiger partial charge in [0, 0.05) is 35.7 Å². The minimum Gasteiger partial charge on any atom is -0.330 e. The fraction of sp³-hybridized carbons (Fsp3) is 0.200. The van der Waals surface area contributed by atoms with E-state index in [4.69, 9.17) is 23.8 Å². The third kappa shape index (κ3) is 5.25. The number of hydrogen-bond acceptors (Lipinski definition) is 4. The van der Waals surface area contributed by atoms with E-state index >= 15 is 0 Å². The van der Waals surface area contributed by atoms with Gasteiger partial charge in [-0.05, 0) is 36.8 Å². The van der Waals surface area contributed by atoms with Gasteiger partial charge in [0.25, 0.3) is 0 Å². The number of aryl methyl sites for hydroxylation is 1. The first kappa shape index (κ1) is 20.1. The molecule has 0 bridgehead atoms. The normalized spacial score (nSPS) is 10.9. The first-order valence-electron chi connectivity index (χ1n) is 9.46. The number of nitrogens with one attached hydrogen (secondary N) is 2. The maximum absolute atomic E-state index is 6.04. The second-order valence-corrected chi connectivity index (χ2v) is 7.61. The van der Waals surface area contributed by atoms with E-state index in [1.54, 1.807) is 12.4 Å². The Morgan fingerprint density at radius 3 is 2.13 bits per heavy atom. The molecule has 3 aromatic heterocycles. The maximum Gasteiger partial charge on any atom is 0.175 e. The molecule has 0 aliphatic carbocycles. The zero-order valence-electron chi connectivity index (χ0n) is 16.4. The van der Waals surface area contributed by atoms with Crippen molar-refractivity contribution in [3.05, 3.63) is 77.6 Å². The standard InChI is InChI=1S/C20H21ClN8S/c1-2-27-11-16(7-22-27)12-29-14-19(9-24-29)26-20(30)25-18-8-23-28(13-18)10-15-4-3-5-17(21)6-15/h3-9,11,13-14H,2,10,12H2,1H3,(H2,25,26,30). The Balaban J connectivity index is 1.30. The summed E-state index contributed by atoms with van der Waals surface area (Å²) in [5.74, 6) is 0. The molecule has 8 nitrogen and oxygen atoms in total. The van der Waals surface area contributed by atoms with Crippen LogP contribution in [-0.2, 0) is 19.6 Å². The molecule has 0 fully saturated rings. The van der Waals surface area contributed by atoms with E-state index in [2.05, 4.69) is 32.9 Å². The molecule has 10 heteroatoms. The molecule has 0 radical (unpaired) electrons. The predicted molar refractivity (Wildman–Crippen MR) is 122 cm³/mol. The summed E-state index contributed by atoms with van der Waals surface area (Å²) in [5.41, 5.74) is 3.78. The highest BCUT2D eigenvalue weighted by atomic mass is 35.5. The van der Waals surface area contributed by atoms with Gasteiger partial charge in [-0.15, -0.1) is 0 Å². The average Bonchev–Trinajstić information content (AvgIpc) is 3.44. The summed E-state index contributed by atoms with van der Waals surface area (Å²) in [7, 11) is 0. The first-order valence-corrected chi connectivity index (χ1v) is 10.2. The summed E-state index contributed by atoms with van der Waals surface area (Å²) < 4.78 is 5.56. The Morgan fingerprint density at radius 1 is 0.900 bits per heavy atom. The zero-order valence-corrected chi connectivity index (χ0v) is 17.9. The molecule has 0 saturated heterocycles. The quantitative estimate of drug-likeness (QED) is 0.425. The van der Waals surface area contributed by atoms with Gasteiger partial charge in [-0.2, -0.15) is 15.3 Å². The van der Waals surface area contributed by atoms with Crippen molar-refractivity contribution in [3.8, 4) is 0 Å². The largest absolute Gasteiger partial charge is 0.330 e. The molecular formula is C20H21ClN8S. The topological polar surface area (TPSA) is 77.5 Å². The van der Waals surface area contributed by atoms with Gasteiger partial charge >= 0.3 is 0 Å². The van der Waals surface area contributed by atoms with Gasteiger partial charge in [0.05, 0.1) is 43.1 Å². The van der Waals surface area contributed by atoms with Crippen LogP contribution >= 0.6 is 23.8 Å². The lowest BCUT2D eigenvalue weighted by molar-refractivity contribution is 0.654. The molecule has 3 heterocycles. The molecule has 0 aliphatic rings. The molecule has 154 valence electrons. The summed E-state index contributed by atoms with van der Waals surface area (Å²) in [5, 5.41) is 20.5. The molecule has 0 atom stereocenters. The molecule has 1 aromatic carbocycles. The first-order chi connectivity index (χ1) is 14.6. The minimum absolute atomic E-state index is 0.468. The number of benzene rings is 1. The Morgan fingerprint density at radius 2 is 1.53 bits per heavy atom. The fourth-order valence-electron chi connectivity index (χ4n) is 2.99. The van der Waals surface area contributed by atoms with Crippen molar-refractivity contribution in [2.75, 3.05) is 10.6 Å². The second kappa shape index (κ2) is 9.10. The SMILES string of the molecule is CCn1cc(Cn2cc(NC(=S)Nc3cnn(Cc4cccc(Cl)c4)c3)cn2)cn1. The Hall–Kier alpha value is -3.17. The van der Waals surface area contributed by atoms with Crippen LogP contribution in [0.25, 0.3) is 0 Å². The van der Waals surface area contributed by atoms with Gasteiger partial charge in [0.1, 0.15) is 0 Å². The molecule has 30 heavy (non-hydrogen) atoms. The van der Waals surface area contributed by atoms with Crippen LogP contribution in [0, 0.1) is 0 Å². The average molecular weight is 441 g/mol. The monoisotopic (exact) mass is 440 g/mol. The van der Waals surface area contributed by atoms with Gasteiger partial charge in [-0.25, -0.2) is 0 Å². The lowest BCUT2D eigenvalue weighted by atomic mass is 10.2. The summed E-state index contributed by atoms with van der Waals surface area (Å²) in [6.07, 6.45) is 11.1. The van der Waals surface area contributed by atoms with Crippen molar-refractivity contribution < 1.29 is 0 Å². The van der Waals surface area contributed by atoms with E-state index in [-0.39, 0.29) is 0 Å². The number of thiocarbonyl (C=S) groups is 1. The molecule has 4 aromatic rings. The number of anilines is 2. The van der Waals surface area contributed by atoms with Gasteiger partial charge in [-0.3, -0.25) is 14.0 Å². The molecular weight excluding hydrogens is 420 g/mol. The summed E-state index contributed by atoms with van der Waals surface area (Å²) in [6.45, 7) is 4.19. The van der Waals surface area contributed by atoms with Gasteiger partial charge in [0.2, 0.25) is 0 Å². The lowest BCUT2D eigenvalue weighted by Gasteiger charge is -2.06. The number of rotatable bonds is 7. The van der Waals surface area contributed by atoms with Crippen molar-refractivity contribution in [2.24, 2.45) is 0 Å². The number of hydrogen-bond donors (Lipinski definition) is 2. The third-order valence-electron chi connectivity index (χ3n) is 4.37. The highest BCUT2D eigenvalue weighted by Gasteiger charge is 2.06. The molecule has 4 rings (SSSR count). The van der Waals surface area contributed by atoms with E-state index < -0.39 is 0 Å². The Labute approximate surface area is 184 Å². The number of aromatic nitrogens is 6. The van der Waals surface area contributed by atoms with Crippen molar-refractivity contribution in [2.45, 2.75) is 26.6 Å². The Bertz CT molecular complexity index is 1150. The van der Waals surface area contributed by atoms with Crippen LogP contribution in [0.3, 0.4) is 0 Å². The number of halogens is 1. The maximum atomic E-state index is 6.04. The molecule has 0 saturated carbocycles. The highest BCUT2D eigenvalue weighted by Crippen LogP contribution is 2.14. The molecule has 2 N–H and O–H groups in total. The molecule has 0 spiro atoms. The van der Waals surface area contributed by atoms with Crippen LogP contribution in [0.15, 0.2) is 61.4 Å². The summed E-state index contributed by atoms with van der Waals surface area (Å²) >= 11 is 11.4. The van der Waals surface area contributed by atoms with E-state index in [0.717, 1.165) is 29.0 Å². The highest BCUT2D eigenvalue weighted by molar-refractivity contribution is 7.80. The zero-order chi connectivity index (χ0) is 20.9. The van der Waals surface area contributed by atoms with Crippen molar-refractivity contribution >= 4 is 40.3 Å². The predicted octanol–water partition coefficient (Wildman–Crippen LogP) is 3.85. The van der Waals surface area contributed by atoms with E-state index in [9.17, 15) is 0 Å². The summed E-state index contributed by atoms with van der Waals surface area (Å²) in [6, 6.07) is 7.71. The molecule has 0 aliphatic heterocycles. The van der Waals surface area contributed by atoms with Crippen LogP contribution in [0.4, 0.5) is 11.4 Å². The lowest BCUT2D eigenvalue weighted by Crippen LogP contribution is -2.18. The van der Waals surface area contributed by atoms with Gasteiger partial charge < -0.3 is 10.6 Å². The fourth-order valence-corrected chi connectivity index (χ4v) is 3.44. The van der Waals surface area contributed by atoms with Gasteiger partial charge in [0.15, 0.2) is 5.11 Å². The van der Waals surface area contributed by atoms with Crippen molar-refractivity contribution in [3.63, 3.8) is 0 Å². The van der Waals surface area contributed by atoms with Crippen LogP contribution in [0.1, 0.15) is 18.1 Å². The Kier molecular flexibility index (Phi) is 6.10. The van der Waals surface area contributed by atoms with Crippen LogP contribution in [0.5, 0.6) is 0 Å². The number of nitrogens with zero attached hydrogens (tertiary/aromatic N) is 6. The van der Waals surface area contributed by atoms with Crippen LogP contribution < -0.4 is 10.6 Å². The van der Waals surface area contributed by atoms with E-state index in [1.807, 2.05) is 63.1 Å². The van der Waals surface area contributed by atoms with Crippen LogP contribution in [-0.4, -0.2) is 34.5 Å². The molecule has 0 unspecified atom stereocenters. The smallest absolute Gasteiger partial charge is 0.175 e. The summed E-state index contributed by atoms with van der Waals surface area (Å²) in [4.78, 5) is 0.